The Morgan fingerprint density at radius 1 is 1.37 bits per heavy atom. The maximum Gasteiger partial charge on any atom is 0.129 e. The Morgan fingerprint density at radius 3 is 2.74 bits per heavy atom. The van der Waals surface area contributed by atoms with Crippen molar-refractivity contribution in [1.29, 1.82) is 5.26 Å². The molecule has 0 saturated carbocycles. The van der Waals surface area contributed by atoms with Gasteiger partial charge in [0.2, 0.25) is 0 Å². The molecule has 1 aliphatic heterocycles. The largest absolute Gasteiger partial charge is 0.357 e. The van der Waals surface area contributed by atoms with Gasteiger partial charge in [0.1, 0.15) is 5.82 Å². The maximum absolute atomic E-state index is 8.85. The summed E-state index contributed by atoms with van der Waals surface area (Å²) in [4.78, 5) is 7.00. The summed E-state index contributed by atoms with van der Waals surface area (Å²) in [6, 6.07) is 6.17. The lowest BCUT2D eigenvalue weighted by Crippen LogP contribution is -2.35. The number of anilines is 1. The Kier molecular flexibility index (Phi) is 4.35. The van der Waals surface area contributed by atoms with E-state index in [-0.39, 0.29) is 0 Å². The van der Waals surface area contributed by atoms with E-state index >= 15 is 0 Å². The van der Waals surface area contributed by atoms with Gasteiger partial charge in [-0.05, 0) is 49.6 Å². The first-order valence-corrected chi connectivity index (χ1v) is 6.73. The van der Waals surface area contributed by atoms with E-state index in [1.54, 1.807) is 6.08 Å². The van der Waals surface area contributed by atoms with Gasteiger partial charge in [-0.1, -0.05) is 12.7 Å². The molecule has 1 aromatic heterocycles. The Morgan fingerprint density at radius 2 is 2.11 bits per heavy atom. The maximum atomic E-state index is 8.85. The molecule has 98 valence electrons. The minimum Gasteiger partial charge on any atom is -0.357 e. The Bertz CT molecular complexity index is 616. The summed E-state index contributed by atoms with van der Waals surface area (Å²) in [5, 5.41) is 10.7. The zero-order valence-corrected chi connectivity index (χ0v) is 11.4. The molecule has 0 radical (unpaired) electrons. The van der Waals surface area contributed by atoms with Gasteiger partial charge in [0.25, 0.3) is 0 Å². The highest BCUT2D eigenvalue weighted by Gasteiger charge is 2.11. The molecule has 2 heterocycles. The van der Waals surface area contributed by atoms with Crippen LogP contribution in [0.2, 0.25) is 0 Å². The van der Waals surface area contributed by atoms with Gasteiger partial charge in [-0.15, -0.1) is 0 Å². The molecule has 1 aliphatic rings. The fraction of sp³-hybridized carbons (Fsp3) is 0.375. The number of aromatic nitrogens is 1. The van der Waals surface area contributed by atoms with E-state index in [1.165, 1.54) is 19.3 Å². The number of hydrogen-bond acceptors (Lipinski definition) is 3. The van der Waals surface area contributed by atoms with Crippen LogP contribution in [0.25, 0.3) is 12.2 Å². The van der Waals surface area contributed by atoms with Crippen molar-refractivity contribution >= 4 is 18.0 Å². The van der Waals surface area contributed by atoms with Crippen molar-refractivity contribution in [2.75, 3.05) is 18.0 Å². The molecule has 0 spiro atoms. The van der Waals surface area contributed by atoms with Crippen LogP contribution in [0.15, 0.2) is 24.3 Å². The van der Waals surface area contributed by atoms with Gasteiger partial charge >= 0.3 is 0 Å². The van der Waals surface area contributed by atoms with Crippen LogP contribution < -0.4 is 15.5 Å². The Hall–Kier alpha value is -2.08. The van der Waals surface area contributed by atoms with Gasteiger partial charge < -0.3 is 4.90 Å². The number of nitrogens with zero attached hydrogens (tertiary/aromatic N) is 3. The fourth-order valence-corrected chi connectivity index (χ4v) is 2.33. The van der Waals surface area contributed by atoms with E-state index in [9.17, 15) is 0 Å². The summed E-state index contributed by atoms with van der Waals surface area (Å²) in [5.74, 6) is 1.00. The lowest BCUT2D eigenvalue weighted by atomic mass is 10.1. The molecule has 0 unspecified atom stereocenters. The number of pyridine rings is 1. The van der Waals surface area contributed by atoms with Gasteiger partial charge in [0.05, 0.1) is 11.4 Å². The molecular formula is C16H19N3. The van der Waals surface area contributed by atoms with Crippen molar-refractivity contribution in [3.05, 3.63) is 34.9 Å². The number of allylic oxidation sites excluding steroid dienone is 1. The van der Waals surface area contributed by atoms with Gasteiger partial charge in [0, 0.05) is 18.7 Å². The third kappa shape index (κ3) is 3.23. The van der Waals surface area contributed by atoms with Crippen LogP contribution in [0.4, 0.5) is 5.82 Å². The highest BCUT2D eigenvalue weighted by Crippen LogP contribution is 2.15. The lowest BCUT2D eigenvalue weighted by molar-refractivity contribution is 0.573. The fourth-order valence-electron chi connectivity index (χ4n) is 2.33. The Labute approximate surface area is 114 Å². The number of rotatable bonds is 2. The second kappa shape index (κ2) is 6.19. The molecular weight excluding hydrogens is 234 g/mol. The van der Waals surface area contributed by atoms with Crippen LogP contribution in [0.5, 0.6) is 0 Å². The van der Waals surface area contributed by atoms with E-state index in [0.29, 0.717) is 5.57 Å². The zero-order chi connectivity index (χ0) is 13.7. The third-order valence-corrected chi connectivity index (χ3v) is 3.39. The molecule has 3 nitrogen and oxygen atoms in total. The van der Waals surface area contributed by atoms with Crippen LogP contribution in [0.3, 0.4) is 0 Å². The average molecular weight is 253 g/mol. The van der Waals surface area contributed by atoms with Crippen LogP contribution >= 0.6 is 0 Å². The van der Waals surface area contributed by atoms with Gasteiger partial charge in [-0.2, -0.15) is 5.26 Å². The normalized spacial score (nSPS) is 17.4. The standard InChI is InChI=1S/C16H19N3/c1-3-14-7-8-16(19-9-5-4-6-10-19)18-15(14)11-13(2)12-17/h3,7-8,11H,2,4-6,9-10H2,1H3/b14-3-,15-11+. The average Bonchev–Trinajstić information content (AvgIpc) is 2.48. The summed E-state index contributed by atoms with van der Waals surface area (Å²) in [5.41, 5.74) is 0.436. The predicted molar refractivity (Wildman–Crippen MR) is 78.9 cm³/mol. The van der Waals surface area contributed by atoms with Crippen molar-refractivity contribution in [1.82, 2.24) is 4.98 Å². The second-order valence-electron chi connectivity index (χ2n) is 4.76. The van der Waals surface area contributed by atoms with Gasteiger partial charge in [-0.3, -0.25) is 0 Å². The molecule has 0 N–H and O–H groups in total. The third-order valence-electron chi connectivity index (χ3n) is 3.39. The summed E-state index contributed by atoms with van der Waals surface area (Å²) in [6.07, 6.45) is 7.52. The molecule has 3 heteroatoms. The minimum atomic E-state index is 0.436. The molecule has 0 bridgehead atoms. The molecule has 0 aliphatic carbocycles. The first-order valence-electron chi connectivity index (χ1n) is 6.73. The van der Waals surface area contributed by atoms with E-state index in [2.05, 4.69) is 28.6 Å². The molecule has 2 rings (SSSR count). The topological polar surface area (TPSA) is 39.9 Å². The van der Waals surface area contributed by atoms with Crippen LogP contribution in [-0.2, 0) is 0 Å². The molecule has 0 amide bonds. The predicted octanol–water partition coefficient (Wildman–Crippen LogP) is 1.73. The van der Waals surface area contributed by atoms with Crippen molar-refractivity contribution < 1.29 is 0 Å². The highest BCUT2D eigenvalue weighted by atomic mass is 15.2. The molecule has 1 saturated heterocycles. The molecule has 0 atom stereocenters. The molecule has 19 heavy (non-hydrogen) atoms. The SMILES string of the molecule is C=C(C#N)/C=c1/nc(N2CCCCC2)cc/c1=C/C. The monoisotopic (exact) mass is 253 g/mol. The summed E-state index contributed by atoms with van der Waals surface area (Å²) in [6.45, 7) is 7.82. The van der Waals surface area contributed by atoms with E-state index in [0.717, 1.165) is 29.5 Å². The summed E-state index contributed by atoms with van der Waals surface area (Å²) in [7, 11) is 0. The van der Waals surface area contributed by atoms with Crippen molar-refractivity contribution in [2.24, 2.45) is 0 Å². The Balaban J connectivity index is 2.44. The van der Waals surface area contributed by atoms with Crippen molar-refractivity contribution in [3.8, 4) is 6.07 Å². The second-order valence-corrected chi connectivity index (χ2v) is 4.76. The number of piperidine rings is 1. The van der Waals surface area contributed by atoms with Gasteiger partial charge in [0.15, 0.2) is 0 Å². The van der Waals surface area contributed by atoms with E-state index in [1.807, 2.05) is 19.1 Å². The van der Waals surface area contributed by atoms with Crippen molar-refractivity contribution in [3.63, 3.8) is 0 Å². The number of hydrogen-bond donors (Lipinski definition) is 0. The summed E-state index contributed by atoms with van der Waals surface area (Å²) < 4.78 is 0. The quantitative estimate of drug-likeness (QED) is 0.754. The first kappa shape index (κ1) is 13.4. The van der Waals surface area contributed by atoms with E-state index < -0.39 is 0 Å². The van der Waals surface area contributed by atoms with Gasteiger partial charge in [-0.25, -0.2) is 4.98 Å². The lowest BCUT2D eigenvalue weighted by Gasteiger charge is -2.27. The molecule has 1 aromatic rings. The van der Waals surface area contributed by atoms with Crippen LogP contribution in [-0.4, -0.2) is 18.1 Å². The van der Waals surface area contributed by atoms with E-state index in [4.69, 9.17) is 5.26 Å². The highest BCUT2D eigenvalue weighted by molar-refractivity contribution is 5.53. The van der Waals surface area contributed by atoms with Crippen LogP contribution in [0, 0.1) is 11.3 Å². The van der Waals surface area contributed by atoms with Crippen LogP contribution in [0.1, 0.15) is 26.2 Å². The molecule has 1 fully saturated rings. The first-order chi connectivity index (χ1) is 9.24. The number of nitriles is 1. The minimum absolute atomic E-state index is 0.436. The molecule has 0 aromatic carbocycles. The summed E-state index contributed by atoms with van der Waals surface area (Å²) >= 11 is 0. The van der Waals surface area contributed by atoms with Crippen molar-refractivity contribution in [2.45, 2.75) is 26.2 Å². The zero-order valence-electron chi connectivity index (χ0n) is 11.4. The smallest absolute Gasteiger partial charge is 0.129 e.